The molecule has 1 saturated heterocycles. The number of amides is 2. The number of nitro benzene ring substituents is 1. The monoisotopic (exact) mass is 423 g/mol. The predicted octanol–water partition coefficient (Wildman–Crippen LogP) is 3.82. The van der Waals surface area contributed by atoms with Gasteiger partial charge in [-0.3, -0.25) is 19.7 Å². The number of carbonyl (C=O) groups is 2. The average Bonchev–Trinajstić information content (AvgIpc) is 3.08. The van der Waals surface area contributed by atoms with Crippen LogP contribution in [0.3, 0.4) is 0 Å². The van der Waals surface area contributed by atoms with Crippen LogP contribution in [0.5, 0.6) is 0 Å². The number of hydrazone groups is 1. The highest BCUT2D eigenvalue weighted by molar-refractivity contribution is 6.08. The van der Waals surface area contributed by atoms with E-state index >= 15 is 0 Å². The normalized spacial score (nSPS) is 25.1. The van der Waals surface area contributed by atoms with Crippen molar-refractivity contribution in [3.8, 4) is 0 Å². The van der Waals surface area contributed by atoms with Crippen LogP contribution in [0.1, 0.15) is 39.7 Å². The van der Waals surface area contributed by atoms with Crippen LogP contribution in [-0.2, 0) is 9.59 Å². The van der Waals surface area contributed by atoms with Crippen LogP contribution < -0.4 is 0 Å². The van der Waals surface area contributed by atoms with Gasteiger partial charge in [-0.2, -0.15) is 10.1 Å². The lowest BCUT2D eigenvalue weighted by atomic mass is 9.55. The van der Waals surface area contributed by atoms with E-state index in [0.717, 1.165) is 27.3 Å². The second-order valence-electron chi connectivity index (χ2n) is 8.31. The fourth-order valence-corrected chi connectivity index (χ4v) is 5.66. The number of rotatable bonds is 3. The van der Waals surface area contributed by atoms with Crippen LogP contribution in [0.4, 0.5) is 5.69 Å². The van der Waals surface area contributed by atoms with Crippen molar-refractivity contribution in [2.75, 3.05) is 0 Å². The Morgan fingerprint density at radius 1 is 0.750 bits per heavy atom. The van der Waals surface area contributed by atoms with Gasteiger partial charge in [-0.25, -0.2) is 0 Å². The van der Waals surface area contributed by atoms with Crippen LogP contribution in [-0.4, -0.2) is 28.0 Å². The molecule has 1 aliphatic heterocycles. The Labute approximate surface area is 183 Å². The van der Waals surface area contributed by atoms with E-state index in [2.05, 4.69) is 5.10 Å². The Bertz CT molecular complexity index is 1230. The third kappa shape index (κ3) is 2.39. The zero-order valence-electron chi connectivity index (χ0n) is 16.8. The molecule has 0 radical (unpaired) electrons. The van der Waals surface area contributed by atoms with Gasteiger partial charge in [0.2, 0.25) is 0 Å². The van der Waals surface area contributed by atoms with Crippen LogP contribution in [0, 0.1) is 22.0 Å². The van der Waals surface area contributed by atoms with E-state index < -0.39 is 16.8 Å². The molecule has 3 aromatic carbocycles. The summed E-state index contributed by atoms with van der Waals surface area (Å²) in [6.07, 6.45) is 1.23. The average molecular weight is 423 g/mol. The van der Waals surface area contributed by atoms with Crippen LogP contribution in [0.25, 0.3) is 0 Å². The first-order valence-corrected chi connectivity index (χ1v) is 10.4. The number of carbonyl (C=O) groups excluding carboxylic acids is 2. The van der Waals surface area contributed by atoms with Gasteiger partial charge in [-0.05, 0) is 28.3 Å². The van der Waals surface area contributed by atoms with Gasteiger partial charge >= 0.3 is 0 Å². The number of imide groups is 1. The maximum absolute atomic E-state index is 13.5. The minimum Gasteiger partial charge on any atom is -0.272 e. The van der Waals surface area contributed by atoms with E-state index in [0.29, 0.717) is 0 Å². The zero-order chi connectivity index (χ0) is 22.0. The molecule has 7 heteroatoms. The molecule has 4 aliphatic rings. The molecule has 2 amide bonds. The lowest BCUT2D eigenvalue weighted by Crippen LogP contribution is -2.41. The van der Waals surface area contributed by atoms with Crippen LogP contribution >= 0.6 is 0 Å². The summed E-state index contributed by atoms with van der Waals surface area (Å²) in [7, 11) is 0. The molecule has 3 aromatic rings. The fourth-order valence-electron chi connectivity index (χ4n) is 5.66. The molecule has 0 aromatic heterocycles. The van der Waals surface area contributed by atoms with Crippen molar-refractivity contribution in [2.24, 2.45) is 16.9 Å². The van der Waals surface area contributed by atoms with Crippen molar-refractivity contribution in [1.82, 2.24) is 5.01 Å². The molecule has 0 N–H and O–H groups in total. The molecule has 0 spiro atoms. The zero-order valence-corrected chi connectivity index (χ0v) is 16.8. The summed E-state index contributed by atoms with van der Waals surface area (Å²) in [6.45, 7) is 0. The molecule has 1 fully saturated rings. The first-order chi connectivity index (χ1) is 15.6. The SMILES string of the molecule is O=C1[C@@H]2C3c4ccccc4C(c4ccccc43)[C@@H]2C(=O)N1/N=C\c1ccccc1[N+](=O)[O-]. The summed E-state index contributed by atoms with van der Waals surface area (Å²) in [6, 6.07) is 22.1. The minimum absolute atomic E-state index is 0.132. The second kappa shape index (κ2) is 6.68. The van der Waals surface area contributed by atoms with E-state index in [4.69, 9.17) is 0 Å². The molecular weight excluding hydrogens is 406 g/mol. The molecule has 1 heterocycles. The molecule has 0 saturated carbocycles. The predicted molar refractivity (Wildman–Crippen MR) is 116 cm³/mol. The van der Waals surface area contributed by atoms with Crippen molar-refractivity contribution in [3.63, 3.8) is 0 Å². The van der Waals surface area contributed by atoms with Gasteiger partial charge in [0.05, 0.1) is 28.5 Å². The maximum Gasteiger partial charge on any atom is 0.278 e. The molecule has 0 unspecified atom stereocenters. The number of hydrogen-bond donors (Lipinski definition) is 0. The lowest BCUT2D eigenvalue weighted by molar-refractivity contribution is -0.385. The number of hydrogen-bond acceptors (Lipinski definition) is 5. The number of para-hydroxylation sites is 1. The van der Waals surface area contributed by atoms with Gasteiger partial charge in [0.25, 0.3) is 17.5 Å². The second-order valence-corrected chi connectivity index (χ2v) is 8.31. The van der Waals surface area contributed by atoms with Gasteiger partial charge in [-0.15, -0.1) is 0 Å². The Kier molecular flexibility index (Phi) is 3.89. The summed E-state index contributed by atoms with van der Waals surface area (Å²) < 4.78 is 0. The smallest absolute Gasteiger partial charge is 0.272 e. The standard InChI is InChI=1S/C25H17N3O4/c29-24-22-20-15-8-2-3-9-16(15)21(18-11-5-4-10-17(18)20)23(22)25(30)27(24)26-13-14-7-1-6-12-19(14)28(31)32/h1-13,20-23H/b26-13-/t20?,21?,22-,23+. The van der Waals surface area contributed by atoms with E-state index in [1.54, 1.807) is 12.1 Å². The Balaban J connectivity index is 1.45. The first-order valence-electron chi connectivity index (χ1n) is 10.4. The van der Waals surface area contributed by atoms with E-state index in [1.807, 2.05) is 48.5 Å². The number of benzene rings is 3. The summed E-state index contributed by atoms with van der Waals surface area (Å²) in [4.78, 5) is 37.7. The molecule has 32 heavy (non-hydrogen) atoms. The summed E-state index contributed by atoms with van der Waals surface area (Å²) in [5.41, 5.74) is 4.45. The fraction of sp³-hybridized carbons (Fsp3) is 0.160. The lowest BCUT2D eigenvalue weighted by Gasteiger charge is -2.45. The quantitative estimate of drug-likeness (QED) is 0.277. The molecule has 7 nitrogen and oxygen atoms in total. The highest BCUT2D eigenvalue weighted by Gasteiger charge is 2.61. The first kappa shape index (κ1) is 18.6. The van der Waals surface area contributed by atoms with Crippen molar-refractivity contribution < 1.29 is 14.5 Å². The summed E-state index contributed by atoms with van der Waals surface area (Å²) in [5.74, 6) is -2.18. The van der Waals surface area contributed by atoms with Gasteiger partial charge in [0.15, 0.2) is 0 Å². The molecule has 156 valence electrons. The minimum atomic E-state index is -0.528. The third-order valence-corrected chi connectivity index (χ3v) is 6.87. The van der Waals surface area contributed by atoms with Crippen molar-refractivity contribution >= 4 is 23.7 Å². The summed E-state index contributed by atoms with van der Waals surface area (Å²) >= 11 is 0. The number of nitro groups is 1. The molecule has 2 atom stereocenters. The molecule has 7 rings (SSSR count). The highest BCUT2D eigenvalue weighted by Crippen LogP contribution is 2.60. The summed E-state index contributed by atoms with van der Waals surface area (Å²) in [5, 5.41) is 16.4. The van der Waals surface area contributed by atoms with Crippen molar-refractivity contribution in [3.05, 3.63) is 111 Å². The Morgan fingerprint density at radius 2 is 1.19 bits per heavy atom. The Morgan fingerprint density at radius 3 is 1.66 bits per heavy atom. The van der Waals surface area contributed by atoms with E-state index in [9.17, 15) is 19.7 Å². The molecule has 3 aliphatic carbocycles. The third-order valence-electron chi connectivity index (χ3n) is 6.87. The van der Waals surface area contributed by atoms with E-state index in [1.165, 1.54) is 18.3 Å². The van der Waals surface area contributed by atoms with Crippen LogP contribution in [0.15, 0.2) is 77.9 Å². The van der Waals surface area contributed by atoms with Crippen LogP contribution in [0.2, 0.25) is 0 Å². The van der Waals surface area contributed by atoms with Crippen molar-refractivity contribution in [1.29, 1.82) is 0 Å². The number of nitrogens with zero attached hydrogens (tertiary/aromatic N) is 3. The van der Waals surface area contributed by atoms with Gasteiger partial charge < -0.3 is 0 Å². The largest absolute Gasteiger partial charge is 0.278 e. The maximum atomic E-state index is 13.5. The van der Waals surface area contributed by atoms with Gasteiger partial charge in [0, 0.05) is 17.9 Å². The molecular formula is C25H17N3O4. The topological polar surface area (TPSA) is 92.9 Å². The Hall–Kier alpha value is -4.13. The van der Waals surface area contributed by atoms with Crippen molar-refractivity contribution in [2.45, 2.75) is 11.8 Å². The highest BCUT2D eigenvalue weighted by atomic mass is 16.6. The molecule has 2 bridgehead atoms. The van der Waals surface area contributed by atoms with Gasteiger partial charge in [-0.1, -0.05) is 60.7 Å². The van der Waals surface area contributed by atoms with Gasteiger partial charge in [0.1, 0.15) is 0 Å². The van der Waals surface area contributed by atoms with E-state index in [-0.39, 0.29) is 34.9 Å².